The molecule has 0 aliphatic carbocycles. The molecule has 0 spiro atoms. The first-order chi connectivity index (χ1) is 16.8. The van der Waals surface area contributed by atoms with Crippen LogP contribution in [0, 0.1) is 0 Å². The maximum Gasteiger partial charge on any atom is 0.419 e. The molecule has 3 aromatic rings. The van der Waals surface area contributed by atoms with Crippen molar-refractivity contribution in [2.45, 2.75) is 57.4 Å². The van der Waals surface area contributed by atoms with Gasteiger partial charge < -0.3 is 25.3 Å². The number of anilines is 2. The second-order valence-corrected chi connectivity index (χ2v) is 9.42. The molecule has 0 saturated carbocycles. The lowest BCUT2D eigenvalue weighted by atomic mass is 10.0. The van der Waals surface area contributed by atoms with Gasteiger partial charge in [0, 0.05) is 55.1 Å². The lowest BCUT2D eigenvalue weighted by Gasteiger charge is -2.28. The zero-order valence-corrected chi connectivity index (χ0v) is 19.8. The van der Waals surface area contributed by atoms with Crippen LogP contribution in [0.3, 0.4) is 0 Å². The van der Waals surface area contributed by atoms with Crippen LogP contribution in [0.15, 0.2) is 24.5 Å². The third-order valence-corrected chi connectivity index (χ3v) is 6.74. The largest absolute Gasteiger partial charge is 0.419 e. The summed E-state index contributed by atoms with van der Waals surface area (Å²) in [4.78, 5) is 18.3. The first-order valence-electron chi connectivity index (χ1n) is 12.1. The Kier molecular flexibility index (Phi) is 6.54. The van der Waals surface area contributed by atoms with E-state index in [0.29, 0.717) is 42.4 Å². The van der Waals surface area contributed by atoms with Crippen molar-refractivity contribution in [2.24, 2.45) is 0 Å². The molecule has 2 aliphatic rings. The second kappa shape index (κ2) is 9.62. The van der Waals surface area contributed by atoms with E-state index in [1.54, 1.807) is 6.20 Å². The van der Waals surface area contributed by atoms with Crippen LogP contribution in [0.1, 0.15) is 38.7 Å². The van der Waals surface area contributed by atoms with E-state index in [0.717, 1.165) is 37.8 Å². The Morgan fingerprint density at radius 3 is 2.80 bits per heavy atom. The van der Waals surface area contributed by atoms with Gasteiger partial charge >= 0.3 is 6.18 Å². The summed E-state index contributed by atoms with van der Waals surface area (Å²) in [5.74, 6) is 0.954. The minimum absolute atomic E-state index is 0.0579. The summed E-state index contributed by atoms with van der Waals surface area (Å²) in [6.07, 6.45) is 0.580. The number of nitrogens with one attached hydrogen (secondary N) is 3. The van der Waals surface area contributed by atoms with Gasteiger partial charge in [0.15, 0.2) is 0 Å². The summed E-state index contributed by atoms with van der Waals surface area (Å²) in [6.45, 7) is 7.01. The van der Waals surface area contributed by atoms with Crippen LogP contribution in [-0.4, -0.2) is 64.4 Å². The molecule has 188 valence electrons. The molecular formula is C24H30F3N7O. The molecule has 3 atom stereocenters. The molecule has 11 heteroatoms. The van der Waals surface area contributed by atoms with Crippen LogP contribution in [0.2, 0.25) is 0 Å². The van der Waals surface area contributed by atoms with Crippen molar-refractivity contribution in [1.29, 1.82) is 0 Å². The predicted molar refractivity (Wildman–Crippen MR) is 128 cm³/mol. The number of ether oxygens (including phenoxy) is 1. The highest BCUT2D eigenvalue weighted by Crippen LogP contribution is 2.39. The molecule has 2 fully saturated rings. The zero-order valence-electron chi connectivity index (χ0n) is 19.8. The average molecular weight is 490 g/mol. The van der Waals surface area contributed by atoms with E-state index in [1.165, 1.54) is 0 Å². The number of alkyl halides is 3. The van der Waals surface area contributed by atoms with Gasteiger partial charge in [-0.15, -0.1) is 0 Å². The molecule has 2 saturated heterocycles. The smallest absolute Gasteiger partial charge is 0.379 e. The number of rotatable bonds is 4. The van der Waals surface area contributed by atoms with Crippen molar-refractivity contribution in [3.05, 3.63) is 30.1 Å². The molecule has 5 rings (SSSR count). The van der Waals surface area contributed by atoms with Gasteiger partial charge in [-0.3, -0.25) is 0 Å². The molecule has 8 nitrogen and oxygen atoms in total. The van der Waals surface area contributed by atoms with E-state index in [1.807, 2.05) is 12.1 Å². The van der Waals surface area contributed by atoms with Gasteiger partial charge in [0.25, 0.3) is 0 Å². The number of hydrogen-bond acceptors (Lipinski definition) is 7. The molecule has 0 aromatic carbocycles. The molecule has 0 radical (unpaired) electrons. The van der Waals surface area contributed by atoms with E-state index in [-0.39, 0.29) is 23.7 Å². The summed E-state index contributed by atoms with van der Waals surface area (Å²) < 4.78 is 47.3. The maximum absolute atomic E-state index is 13.9. The predicted octanol–water partition coefficient (Wildman–Crippen LogP) is 4.21. The van der Waals surface area contributed by atoms with E-state index >= 15 is 0 Å². The highest BCUT2D eigenvalue weighted by atomic mass is 19.4. The fraction of sp³-hybridized carbons (Fsp3) is 0.542. The van der Waals surface area contributed by atoms with Crippen LogP contribution in [0.4, 0.5) is 24.9 Å². The molecule has 35 heavy (non-hydrogen) atoms. The first-order valence-corrected chi connectivity index (χ1v) is 12.1. The third-order valence-electron chi connectivity index (χ3n) is 6.74. The fourth-order valence-electron chi connectivity index (χ4n) is 4.76. The Balaban J connectivity index is 1.49. The Bertz CT molecular complexity index is 1170. The van der Waals surface area contributed by atoms with Crippen molar-refractivity contribution < 1.29 is 17.9 Å². The van der Waals surface area contributed by atoms with Gasteiger partial charge in [-0.2, -0.15) is 13.2 Å². The van der Waals surface area contributed by atoms with Crippen LogP contribution < -0.4 is 15.5 Å². The van der Waals surface area contributed by atoms with E-state index in [4.69, 9.17) is 9.72 Å². The van der Waals surface area contributed by atoms with Gasteiger partial charge in [-0.25, -0.2) is 15.0 Å². The van der Waals surface area contributed by atoms with E-state index in [9.17, 15) is 13.2 Å². The highest BCUT2D eigenvalue weighted by Gasteiger charge is 2.36. The Morgan fingerprint density at radius 2 is 2.03 bits per heavy atom. The van der Waals surface area contributed by atoms with Crippen LogP contribution in [0.5, 0.6) is 0 Å². The molecule has 3 N–H and O–H groups in total. The molecule has 2 aliphatic heterocycles. The van der Waals surface area contributed by atoms with E-state index in [2.05, 4.69) is 44.3 Å². The van der Waals surface area contributed by atoms with E-state index < -0.39 is 11.7 Å². The molecule has 0 bridgehead atoms. The van der Waals surface area contributed by atoms with Crippen molar-refractivity contribution in [1.82, 2.24) is 25.3 Å². The number of H-pyrrole nitrogens is 1. The normalized spacial score (nSPS) is 23.9. The molecule has 0 unspecified atom stereocenters. The molecule has 0 amide bonds. The molecule has 3 aromatic heterocycles. The lowest BCUT2D eigenvalue weighted by molar-refractivity contribution is -0.137. The number of aromatic amines is 1. The summed E-state index contributed by atoms with van der Waals surface area (Å²) in [7, 11) is 0. The minimum atomic E-state index is -4.59. The number of hydrogen-bond donors (Lipinski definition) is 3. The minimum Gasteiger partial charge on any atom is -0.379 e. The van der Waals surface area contributed by atoms with Gasteiger partial charge in [0.05, 0.1) is 18.3 Å². The Morgan fingerprint density at radius 1 is 1.17 bits per heavy atom. The number of piperidine rings is 1. The Hall–Kier alpha value is -2.92. The Labute approximate surface area is 201 Å². The average Bonchev–Trinajstić information content (AvgIpc) is 3.13. The summed E-state index contributed by atoms with van der Waals surface area (Å²) >= 11 is 0. The van der Waals surface area contributed by atoms with Crippen LogP contribution >= 0.6 is 0 Å². The van der Waals surface area contributed by atoms with Crippen molar-refractivity contribution in [2.75, 3.05) is 36.5 Å². The summed E-state index contributed by atoms with van der Waals surface area (Å²) in [6, 6.07) is 4.29. The number of pyridine rings is 1. The lowest BCUT2D eigenvalue weighted by Crippen LogP contribution is -2.43. The van der Waals surface area contributed by atoms with Gasteiger partial charge in [-0.05, 0) is 45.2 Å². The number of nitrogens with zero attached hydrogens (tertiary/aromatic N) is 4. The highest BCUT2D eigenvalue weighted by molar-refractivity contribution is 5.94. The molecule has 5 heterocycles. The van der Waals surface area contributed by atoms with Gasteiger partial charge in [0.2, 0.25) is 5.95 Å². The fourth-order valence-corrected chi connectivity index (χ4v) is 4.76. The maximum atomic E-state index is 13.9. The number of fused-ring (bicyclic) bond motifs is 1. The second-order valence-electron chi connectivity index (χ2n) is 9.42. The van der Waals surface area contributed by atoms with Crippen molar-refractivity contribution in [3.8, 4) is 11.3 Å². The van der Waals surface area contributed by atoms with Crippen molar-refractivity contribution in [3.63, 3.8) is 0 Å². The standard InChI is InChI=1S/C24H30F3N7O/c1-14-4-5-16(10-28-14)31-23-30-12-19(24(25,26)27)21(33-23)18-11-29-22-17(18)6-7-20(32-22)34-8-3-9-35-13-15(34)2/h6-7,11-12,14-16,28H,3-5,8-10,13H2,1-2H3,(H,29,32)(H,30,31,33)/t14-,15-,16-/m0/s1. The third kappa shape index (κ3) is 5.06. The van der Waals surface area contributed by atoms with Crippen LogP contribution in [0.25, 0.3) is 22.3 Å². The van der Waals surface area contributed by atoms with Gasteiger partial charge in [-0.1, -0.05) is 0 Å². The number of halogens is 3. The quantitative estimate of drug-likeness (QED) is 0.506. The zero-order chi connectivity index (χ0) is 24.6. The summed E-state index contributed by atoms with van der Waals surface area (Å²) in [5, 5.41) is 7.15. The monoisotopic (exact) mass is 489 g/mol. The SMILES string of the molecule is C[C@H]1CC[C@H](Nc2ncc(C(F)(F)F)c(-c3c[nH]c4nc(N5CCCOC[C@@H]5C)ccc34)n2)CN1. The molecular weight excluding hydrogens is 459 g/mol. The van der Waals surface area contributed by atoms with Crippen molar-refractivity contribution >= 4 is 22.8 Å². The first kappa shape index (κ1) is 23.8. The topological polar surface area (TPSA) is 91.0 Å². The van der Waals surface area contributed by atoms with Gasteiger partial charge in [0.1, 0.15) is 17.0 Å². The number of aromatic nitrogens is 4. The summed E-state index contributed by atoms with van der Waals surface area (Å²) in [5.41, 5.74) is -0.174. The van der Waals surface area contributed by atoms with Crippen LogP contribution in [-0.2, 0) is 10.9 Å².